The van der Waals surface area contributed by atoms with Crippen LogP contribution in [0.3, 0.4) is 0 Å². The first-order valence-electron chi connectivity index (χ1n) is 7.01. The van der Waals surface area contributed by atoms with Crippen molar-refractivity contribution in [2.24, 2.45) is 0 Å². The minimum absolute atomic E-state index is 1.07. The van der Waals surface area contributed by atoms with Crippen molar-refractivity contribution in [1.82, 2.24) is 3.11 Å². The largest absolute Gasteiger partial charge is 0.248 e. The van der Waals surface area contributed by atoms with E-state index in [9.17, 15) is 0 Å². The summed E-state index contributed by atoms with van der Waals surface area (Å²) in [5.74, 6) is 12.1. The molecule has 0 atom stereocenters. The Bertz CT molecular complexity index is 260. The maximum atomic E-state index is 3.12. The molecule has 0 heterocycles. The van der Waals surface area contributed by atoms with Crippen LogP contribution in [0.1, 0.15) is 65.2 Å². The summed E-state index contributed by atoms with van der Waals surface area (Å²) in [5.41, 5.74) is 0. The molecule has 0 saturated heterocycles. The van der Waals surface area contributed by atoms with Gasteiger partial charge in [0, 0.05) is 48.8 Å². The van der Waals surface area contributed by atoms with Gasteiger partial charge < -0.3 is 0 Å². The van der Waals surface area contributed by atoms with Crippen molar-refractivity contribution in [2.75, 3.05) is 13.1 Å². The van der Waals surface area contributed by atoms with Gasteiger partial charge >= 0.3 is 0 Å². The summed E-state index contributed by atoms with van der Waals surface area (Å²) < 4.78 is 2.43. The lowest BCUT2D eigenvalue weighted by Crippen LogP contribution is -2.14. The summed E-state index contributed by atoms with van der Waals surface area (Å²) in [7, 11) is 0. The molecule has 0 saturated carbocycles. The highest BCUT2D eigenvalue weighted by Gasteiger charge is 1.99. The normalized spacial score (nSPS) is 9.56. The Morgan fingerprint density at radius 1 is 0.722 bits per heavy atom. The van der Waals surface area contributed by atoms with Crippen LogP contribution in [0.5, 0.6) is 0 Å². The van der Waals surface area contributed by atoms with E-state index >= 15 is 0 Å². The van der Waals surface area contributed by atoms with Gasteiger partial charge in [-0.05, 0) is 39.5 Å². The van der Waals surface area contributed by atoms with Gasteiger partial charge in [0.1, 0.15) is 0 Å². The third-order valence-corrected chi connectivity index (χ3v) is 3.72. The maximum Gasteiger partial charge on any atom is 0.0201 e. The fraction of sp³-hybridized carbons (Fsp3) is 0.750. The highest BCUT2D eigenvalue weighted by molar-refractivity contribution is 14.1. The van der Waals surface area contributed by atoms with Gasteiger partial charge in [0.05, 0.1) is 0 Å². The molecule has 0 amide bonds. The van der Waals surface area contributed by atoms with Gasteiger partial charge in [-0.1, -0.05) is 12.8 Å². The van der Waals surface area contributed by atoms with Crippen LogP contribution < -0.4 is 0 Å². The fourth-order valence-corrected chi connectivity index (χ4v) is 2.39. The SMILES string of the molecule is CC#CCCCCCN(I)CCCCCC#CC. The first-order valence-corrected chi connectivity index (χ1v) is 7.97. The number of unbranched alkanes of at least 4 members (excludes halogenated alkanes) is 6. The summed E-state index contributed by atoms with van der Waals surface area (Å²) in [5, 5.41) is 0. The van der Waals surface area contributed by atoms with Gasteiger partial charge in [-0.2, -0.15) is 0 Å². The second-order valence-electron chi connectivity index (χ2n) is 4.38. The van der Waals surface area contributed by atoms with Crippen molar-refractivity contribution in [3.05, 3.63) is 0 Å². The highest BCUT2D eigenvalue weighted by Crippen LogP contribution is 2.08. The quantitative estimate of drug-likeness (QED) is 0.234. The summed E-state index contributed by atoms with van der Waals surface area (Å²) in [6, 6.07) is 0. The van der Waals surface area contributed by atoms with Gasteiger partial charge in [0.15, 0.2) is 0 Å². The smallest absolute Gasteiger partial charge is 0.0201 e. The Hall–Kier alpha value is -0.190. The minimum atomic E-state index is 1.07. The maximum absolute atomic E-state index is 3.12. The molecule has 0 N–H and O–H groups in total. The Morgan fingerprint density at radius 3 is 1.56 bits per heavy atom. The lowest BCUT2D eigenvalue weighted by atomic mass is 10.2. The Labute approximate surface area is 128 Å². The lowest BCUT2D eigenvalue weighted by Gasteiger charge is -2.13. The van der Waals surface area contributed by atoms with Crippen LogP contribution in [0.15, 0.2) is 0 Å². The molecule has 102 valence electrons. The Morgan fingerprint density at radius 2 is 1.17 bits per heavy atom. The zero-order chi connectivity index (χ0) is 13.5. The first kappa shape index (κ1) is 17.8. The average Bonchev–Trinajstić information content (AvgIpc) is 2.38. The molecule has 0 fully saturated rings. The van der Waals surface area contributed by atoms with E-state index in [4.69, 9.17) is 0 Å². The van der Waals surface area contributed by atoms with Crippen LogP contribution in [0.2, 0.25) is 0 Å². The van der Waals surface area contributed by atoms with E-state index in [2.05, 4.69) is 49.7 Å². The van der Waals surface area contributed by atoms with Crippen molar-refractivity contribution in [3.63, 3.8) is 0 Å². The molecule has 0 aliphatic rings. The van der Waals surface area contributed by atoms with E-state index < -0.39 is 0 Å². The average molecular weight is 359 g/mol. The molecule has 0 aromatic rings. The first-order chi connectivity index (χ1) is 8.81. The molecule has 0 aliphatic carbocycles. The van der Waals surface area contributed by atoms with Gasteiger partial charge in [0.25, 0.3) is 0 Å². The van der Waals surface area contributed by atoms with Gasteiger partial charge in [-0.25, -0.2) is 3.11 Å². The van der Waals surface area contributed by atoms with Gasteiger partial charge in [-0.3, -0.25) is 0 Å². The standard InChI is InChI=1S/C16H26IN/c1-3-5-7-9-11-13-15-18(17)16-14-12-10-8-6-4-2/h7-16H2,1-2H3. The van der Waals surface area contributed by atoms with E-state index in [0.717, 1.165) is 12.8 Å². The van der Waals surface area contributed by atoms with Crippen molar-refractivity contribution < 1.29 is 0 Å². The third-order valence-electron chi connectivity index (χ3n) is 2.76. The van der Waals surface area contributed by atoms with Crippen LogP contribution in [0.4, 0.5) is 0 Å². The summed E-state index contributed by atoms with van der Waals surface area (Å²) in [6.45, 7) is 6.26. The van der Waals surface area contributed by atoms with E-state index in [1.165, 1.54) is 51.6 Å². The molecular formula is C16H26IN. The van der Waals surface area contributed by atoms with Crippen LogP contribution in [0.25, 0.3) is 0 Å². The molecule has 0 aromatic carbocycles. The molecule has 2 heteroatoms. The monoisotopic (exact) mass is 359 g/mol. The molecule has 0 radical (unpaired) electrons. The number of nitrogens with zero attached hydrogens (tertiary/aromatic N) is 1. The van der Waals surface area contributed by atoms with Gasteiger partial charge in [-0.15, -0.1) is 23.7 Å². The van der Waals surface area contributed by atoms with Crippen molar-refractivity contribution in [1.29, 1.82) is 0 Å². The molecule has 0 spiro atoms. The molecule has 0 bridgehead atoms. The number of hydrogen-bond donors (Lipinski definition) is 0. The van der Waals surface area contributed by atoms with E-state index in [-0.39, 0.29) is 0 Å². The second kappa shape index (κ2) is 14.9. The zero-order valence-corrected chi connectivity index (χ0v) is 14.1. The van der Waals surface area contributed by atoms with Crippen molar-refractivity contribution in [2.45, 2.75) is 65.2 Å². The number of rotatable bonds is 10. The van der Waals surface area contributed by atoms with Crippen molar-refractivity contribution in [3.8, 4) is 23.7 Å². The van der Waals surface area contributed by atoms with E-state index in [0.29, 0.717) is 0 Å². The molecule has 1 nitrogen and oxygen atoms in total. The Balaban J connectivity index is 3.22. The van der Waals surface area contributed by atoms with Crippen LogP contribution in [-0.2, 0) is 0 Å². The summed E-state index contributed by atoms with van der Waals surface area (Å²) in [6.07, 6.45) is 9.85. The van der Waals surface area contributed by atoms with Crippen LogP contribution in [0, 0.1) is 23.7 Å². The van der Waals surface area contributed by atoms with Crippen LogP contribution >= 0.6 is 22.9 Å². The lowest BCUT2D eigenvalue weighted by molar-refractivity contribution is 0.460. The van der Waals surface area contributed by atoms with Crippen LogP contribution in [-0.4, -0.2) is 16.2 Å². The summed E-state index contributed by atoms with van der Waals surface area (Å²) in [4.78, 5) is 0. The minimum Gasteiger partial charge on any atom is -0.248 e. The molecule has 0 rings (SSSR count). The van der Waals surface area contributed by atoms with Gasteiger partial charge in [0.2, 0.25) is 0 Å². The number of halogens is 1. The fourth-order valence-electron chi connectivity index (χ4n) is 1.71. The van der Waals surface area contributed by atoms with Crippen molar-refractivity contribution >= 4 is 22.9 Å². The molecule has 0 unspecified atom stereocenters. The second-order valence-corrected chi connectivity index (χ2v) is 5.75. The molecule has 0 aromatic heterocycles. The van der Waals surface area contributed by atoms with E-state index in [1.807, 2.05) is 13.8 Å². The zero-order valence-electron chi connectivity index (χ0n) is 11.9. The predicted octanol–water partition coefficient (Wildman–Crippen LogP) is 4.81. The Kier molecular flexibility index (Phi) is 14.7. The molecule has 18 heavy (non-hydrogen) atoms. The molecule has 0 aliphatic heterocycles. The third kappa shape index (κ3) is 13.9. The van der Waals surface area contributed by atoms with E-state index in [1.54, 1.807) is 0 Å². The topological polar surface area (TPSA) is 3.24 Å². The molecular weight excluding hydrogens is 333 g/mol. The number of hydrogen-bond acceptors (Lipinski definition) is 1. The summed E-state index contributed by atoms with van der Waals surface area (Å²) >= 11 is 2.46. The highest BCUT2D eigenvalue weighted by atomic mass is 127. The predicted molar refractivity (Wildman–Crippen MR) is 89.4 cm³/mol.